The fourth-order valence-corrected chi connectivity index (χ4v) is 5.60. The summed E-state index contributed by atoms with van der Waals surface area (Å²) in [6, 6.07) is 3.32. The third-order valence-electron chi connectivity index (χ3n) is 6.70. The Morgan fingerprint density at radius 1 is 0.857 bits per heavy atom. The van der Waals surface area contributed by atoms with Crippen molar-refractivity contribution in [2.24, 2.45) is 5.92 Å². The zero-order valence-electron chi connectivity index (χ0n) is 13.5. The molecule has 3 heterocycles. The summed E-state index contributed by atoms with van der Waals surface area (Å²) in [5.74, 6) is 0.905. The maximum Gasteiger partial charge on any atom is 0.0113 e. The molecule has 5 unspecified atom stereocenters. The molecule has 4 aliphatic rings. The molecule has 120 valence electrons. The van der Waals surface area contributed by atoms with Crippen LogP contribution in [0.2, 0.25) is 0 Å². The van der Waals surface area contributed by atoms with Crippen LogP contribution in [0.1, 0.15) is 64.2 Å². The molecule has 3 heteroatoms. The van der Waals surface area contributed by atoms with Crippen LogP contribution in [0.25, 0.3) is 0 Å². The lowest BCUT2D eigenvalue weighted by atomic mass is 9.78. The Morgan fingerprint density at radius 2 is 1.81 bits per heavy atom. The van der Waals surface area contributed by atoms with Gasteiger partial charge >= 0.3 is 0 Å². The van der Waals surface area contributed by atoms with Crippen molar-refractivity contribution < 1.29 is 0 Å². The first-order valence-corrected chi connectivity index (χ1v) is 9.63. The van der Waals surface area contributed by atoms with E-state index in [1.54, 1.807) is 0 Å². The Labute approximate surface area is 130 Å². The SMILES string of the molecule is C1CNC(C2CCCCC2NC2CCN3CCCC3C2)C1. The minimum absolute atomic E-state index is 0.798. The van der Waals surface area contributed by atoms with Gasteiger partial charge in [-0.25, -0.2) is 0 Å². The van der Waals surface area contributed by atoms with Crippen molar-refractivity contribution in [2.45, 2.75) is 88.4 Å². The molecule has 3 aliphatic heterocycles. The van der Waals surface area contributed by atoms with Crippen LogP contribution in [0.3, 0.4) is 0 Å². The average molecular weight is 291 g/mol. The molecule has 21 heavy (non-hydrogen) atoms. The molecule has 4 fully saturated rings. The van der Waals surface area contributed by atoms with E-state index in [2.05, 4.69) is 15.5 Å². The van der Waals surface area contributed by atoms with Gasteiger partial charge in [-0.2, -0.15) is 0 Å². The van der Waals surface area contributed by atoms with Crippen LogP contribution >= 0.6 is 0 Å². The first kappa shape index (κ1) is 14.5. The Bertz CT molecular complexity index is 339. The lowest BCUT2D eigenvalue weighted by Crippen LogP contribution is -2.53. The van der Waals surface area contributed by atoms with E-state index in [1.807, 2.05) is 0 Å². The molecule has 3 nitrogen and oxygen atoms in total. The number of nitrogens with zero attached hydrogens (tertiary/aromatic N) is 1. The highest BCUT2D eigenvalue weighted by molar-refractivity contribution is 4.95. The molecular weight excluding hydrogens is 258 g/mol. The summed E-state index contributed by atoms with van der Waals surface area (Å²) in [5, 5.41) is 7.91. The Hall–Kier alpha value is -0.120. The van der Waals surface area contributed by atoms with Crippen LogP contribution in [0.5, 0.6) is 0 Å². The molecule has 1 saturated carbocycles. The summed E-state index contributed by atoms with van der Waals surface area (Å²) >= 11 is 0. The number of hydrogen-bond donors (Lipinski definition) is 2. The normalized spacial score (nSPS) is 44.9. The van der Waals surface area contributed by atoms with Gasteiger partial charge in [0.05, 0.1) is 0 Å². The molecule has 1 aliphatic carbocycles. The van der Waals surface area contributed by atoms with Crippen LogP contribution < -0.4 is 10.6 Å². The molecule has 2 N–H and O–H groups in total. The minimum Gasteiger partial charge on any atom is -0.314 e. The van der Waals surface area contributed by atoms with Gasteiger partial charge in [-0.05, 0) is 76.9 Å². The summed E-state index contributed by atoms with van der Waals surface area (Å²) < 4.78 is 0. The second kappa shape index (κ2) is 6.55. The molecule has 0 amide bonds. The lowest BCUT2D eigenvalue weighted by Gasteiger charge is -2.42. The van der Waals surface area contributed by atoms with E-state index in [0.717, 1.165) is 30.1 Å². The second-order valence-electron chi connectivity index (χ2n) is 7.98. The number of fused-ring (bicyclic) bond motifs is 1. The van der Waals surface area contributed by atoms with Gasteiger partial charge in [0, 0.05) is 24.2 Å². The lowest BCUT2D eigenvalue weighted by molar-refractivity contribution is 0.135. The molecule has 0 aromatic rings. The number of piperidine rings is 1. The molecule has 3 saturated heterocycles. The summed E-state index contributed by atoms with van der Waals surface area (Å²) in [6.45, 7) is 3.98. The Morgan fingerprint density at radius 3 is 2.71 bits per heavy atom. The topological polar surface area (TPSA) is 27.3 Å². The van der Waals surface area contributed by atoms with Crippen molar-refractivity contribution in [2.75, 3.05) is 19.6 Å². The van der Waals surface area contributed by atoms with Crippen LogP contribution in [-0.4, -0.2) is 48.7 Å². The van der Waals surface area contributed by atoms with Crippen molar-refractivity contribution in [3.8, 4) is 0 Å². The van der Waals surface area contributed by atoms with Crippen molar-refractivity contribution in [1.29, 1.82) is 0 Å². The molecule has 4 rings (SSSR count). The predicted molar refractivity (Wildman–Crippen MR) is 87.5 cm³/mol. The largest absolute Gasteiger partial charge is 0.314 e. The van der Waals surface area contributed by atoms with Gasteiger partial charge in [0.15, 0.2) is 0 Å². The average Bonchev–Trinajstić information content (AvgIpc) is 3.19. The predicted octanol–water partition coefficient (Wildman–Crippen LogP) is 2.51. The van der Waals surface area contributed by atoms with Crippen molar-refractivity contribution in [3.63, 3.8) is 0 Å². The third kappa shape index (κ3) is 3.16. The highest BCUT2D eigenvalue weighted by atomic mass is 15.2. The highest BCUT2D eigenvalue weighted by Gasteiger charge is 2.37. The molecule has 5 atom stereocenters. The maximum absolute atomic E-state index is 4.13. The van der Waals surface area contributed by atoms with Crippen LogP contribution in [0.15, 0.2) is 0 Å². The number of nitrogens with one attached hydrogen (secondary N) is 2. The van der Waals surface area contributed by atoms with Gasteiger partial charge in [0.2, 0.25) is 0 Å². The quantitative estimate of drug-likeness (QED) is 0.837. The van der Waals surface area contributed by atoms with E-state index in [1.165, 1.54) is 83.8 Å². The zero-order chi connectivity index (χ0) is 14.1. The van der Waals surface area contributed by atoms with Gasteiger partial charge in [0.25, 0.3) is 0 Å². The van der Waals surface area contributed by atoms with Gasteiger partial charge in [-0.15, -0.1) is 0 Å². The molecular formula is C18H33N3. The van der Waals surface area contributed by atoms with Gasteiger partial charge < -0.3 is 15.5 Å². The van der Waals surface area contributed by atoms with Crippen molar-refractivity contribution in [1.82, 2.24) is 15.5 Å². The van der Waals surface area contributed by atoms with Gasteiger partial charge in [-0.3, -0.25) is 0 Å². The standard InChI is InChI=1S/C18H33N3/c1-2-7-18(16(6-1)17-8-3-10-19-17)20-14-9-12-21-11-4-5-15(21)13-14/h14-20H,1-13H2. The van der Waals surface area contributed by atoms with E-state index in [-0.39, 0.29) is 0 Å². The van der Waals surface area contributed by atoms with E-state index in [9.17, 15) is 0 Å². The van der Waals surface area contributed by atoms with Crippen LogP contribution in [0, 0.1) is 5.92 Å². The third-order valence-corrected chi connectivity index (χ3v) is 6.70. The monoisotopic (exact) mass is 291 g/mol. The Balaban J connectivity index is 1.35. The van der Waals surface area contributed by atoms with E-state index in [4.69, 9.17) is 0 Å². The fraction of sp³-hybridized carbons (Fsp3) is 1.00. The van der Waals surface area contributed by atoms with Crippen molar-refractivity contribution in [3.05, 3.63) is 0 Å². The summed E-state index contributed by atoms with van der Waals surface area (Å²) in [5.41, 5.74) is 0. The van der Waals surface area contributed by atoms with Crippen molar-refractivity contribution >= 4 is 0 Å². The molecule has 0 spiro atoms. The summed E-state index contributed by atoms with van der Waals surface area (Å²) in [4.78, 5) is 2.75. The van der Waals surface area contributed by atoms with E-state index < -0.39 is 0 Å². The van der Waals surface area contributed by atoms with E-state index >= 15 is 0 Å². The van der Waals surface area contributed by atoms with E-state index in [0.29, 0.717) is 0 Å². The second-order valence-corrected chi connectivity index (χ2v) is 7.98. The maximum atomic E-state index is 4.13. The van der Waals surface area contributed by atoms with Crippen LogP contribution in [-0.2, 0) is 0 Å². The molecule has 0 radical (unpaired) electrons. The molecule has 0 bridgehead atoms. The molecule has 0 aromatic carbocycles. The highest BCUT2D eigenvalue weighted by Crippen LogP contribution is 2.33. The number of rotatable bonds is 3. The first-order chi connectivity index (χ1) is 10.4. The van der Waals surface area contributed by atoms with Gasteiger partial charge in [0.1, 0.15) is 0 Å². The Kier molecular flexibility index (Phi) is 4.52. The summed E-state index contributed by atoms with van der Waals surface area (Å²) in [7, 11) is 0. The smallest absolute Gasteiger partial charge is 0.0113 e. The first-order valence-electron chi connectivity index (χ1n) is 9.63. The number of hydrogen-bond acceptors (Lipinski definition) is 3. The van der Waals surface area contributed by atoms with Crippen LogP contribution in [0.4, 0.5) is 0 Å². The van der Waals surface area contributed by atoms with Gasteiger partial charge in [-0.1, -0.05) is 12.8 Å². The molecule has 0 aromatic heterocycles. The minimum atomic E-state index is 0.798. The zero-order valence-corrected chi connectivity index (χ0v) is 13.5. The summed E-state index contributed by atoms with van der Waals surface area (Å²) in [6.07, 6.45) is 14.3. The fourth-order valence-electron chi connectivity index (χ4n) is 5.60.